The first-order valence-electron chi connectivity index (χ1n) is 5.63. The lowest BCUT2D eigenvalue weighted by Crippen LogP contribution is -2.01. The van der Waals surface area contributed by atoms with Gasteiger partial charge in [-0.1, -0.05) is 23.2 Å². The number of aromatic nitrogens is 1. The number of carbonyl (C=O) groups is 1. The number of carbonyl (C=O) groups excluding carboxylic acids is 1. The van der Waals surface area contributed by atoms with Gasteiger partial charge in [0.15, 0.2) is 5.75 Å². The van der Waals surface area contributed by atoms with Crippen LogP contribution in [-0.2, 0) is 4.79 Å². The lowest BCUT2D eigenvalue weighted by molar-refractivity contribution is -0.131. The van der Waals surface area contributed by atoms with Crippen molar-refractivity contribution in [1.29, 1.82) is 0 Å². The lowest BCUT2D eigenvalue weighted by atomic mass is 10.1. The normalized spacial score (nSPS) is 11.1. The summed E-state index contributed by atoms with van der Waals surface area (Å²) in [4.78, 5) is 14.2. The quantitative estimate of drug-likeness (QED) is 0.528. The van der Waals surface area contributed by atoms with Crippen LogP contribution in [-0.4, -0.2) is 11.0 Å². The van der Waals surface area contributed by atoms with E-state index in [2.05, 4.69) is 4.98 Å². The Kier molecular flexibility index (Phi) is 2.88. The second-order valence-electron chi connectivity index (χ2n) is 4.24. The first-order valence-corrected chi connectivity index (χ1v) is 6.39. The van der Waals surface area contributed by atoms with E-state index >= 15 is 0 Å². The standard InChI is InChI=1S/C14H9Cl2NO2/c1-7(18)19-14-6-13-10(5-11(14)16)9-4-8(15)2-3-12(9)17-13/h2-6,17H,1H3. The fraction of sp³-hybridized carbons (Fsp3) is 0.0714. The highest BCUT2D eigenvalue weighted by molar-refractivity contribution is 6.34. The highest BCUT2D eigenvalue weighted by Crippen LogP contribution is 2.35. The summed E-state index contributed by atoms with van der Waals surface area (Å²) in [6, 6.07) is 9.07. The van der Waals surface area contributed by atoms with Gasteiger partial charge in [-0.15, -0.1) is 0 Å². The minimum atomic E-state index is -0.402. The average molecular weight is 294 g/mol. The molecule has 1 aromatic heterocycles. The second-order valence-corrected chi connectivity index (χ2v) is 5.08. The Balaban J connectivity index is 2.30. The summed E-state index contributed by atoms with van der Waals surface area (Å²) in [5.41, 5.74) is 1.80. The molecule has 0 bridgehead atoms. The van der Waals surface area contributed by atoms with Gasteiger partial charge in [-0.3, -0.25) is 4.79 Å². The molecule has 5 heteroatoms. The van der Waals surface area contributed by atoms with Crippen LogP contribution in [0.3, 0.4) is 0 Å². The van der Waals surface area contributed by atoms with Crippen molar-refractivity contribution in [3.8, 4) is 5.75 Å². The molecule has 3 nitrogen and oxygen atoms in total. The Bertz CT molecular complexity index is 808. The molecule has 3 aromatic rings. The fourth-order valence-electron chi connectivity index (χ4n) is 2.11. The lowest BCUT2D eigenvalue weighted by Gasteiger charge is -2.03. The van der Waals surface area contributed by atoms with E-state index < -0.39 is 5.97 Å². The molecular formula is C14H9Cl2NO2. The highest BCUT2D eigenvalue weighted by Gasteiger charge is 2.11. The molecule has 0 radical (unpaired) electrons. The number of aromatic amines is 1. The number of hydrogen-bond donors (Lipinski definition) is 1. The smallest absolute Gasteiger partial charge is 0.308 e. The Morgan fingerprint density at radius 2 is 1.84 bits per heavy atom. The summed E-state index contributed by atoms with van der Waals surface area (Å²) in [6.45, 7) is 1.34. The third-order valence-corrected chi connectivity index (χ3v) is 3.40. The maximum absolute atomic E-state index is 11.0. The number of fused-ring (bicyclic) bond motifs is 3. The summed E-state index contributed by atoms with van der Waals surface area (Å²) < 4.78 is 5.06. The molecule has 0 aliphatic rings. The molecule has 2 aromatic carbocycles. The van der Waals surface area contributed by atoms with Crippen molar-refractivity contribution in [3.63, 3.8) is 0 Å². The first kappa shape index (κ1) is 12.3. The molecule has 0 amide bonds. The molecule has 0 unspecified atom stereocenters. The van der Waals surface area contributed by atoms with Crippen molar-refractivity contribution < 1.29 is 9.53 Å². The van der Waals surface area contributed by atoms with Crippen LogP contribution in [0, 0.1) is 0 Å². The van der Waals surface area contributed by atoms with Crippen LogP contribution in [0.1, 0.15) is 6.92 Å². The Morgan fingerprint density at radius 1 is 1.11 bits per heavy atom. The zero-order valence-corrected chi connectivity index (χ0v) is 11.5. The van der Waals surface area contributed by atoms with E-state index in [-0.39, 0.29) is 0 Å². The zero-order valence-electron chi connectivity index (χ0n) is 9.96. The van der Waals surface area contributed by atoms with Crippen molar-refractivity contribution in [3.05, 3.63) is 40.4 Å². The predicted molar refractivity (Wildman–Crippen MR) is 77.1 cm³/mol. The second kappa shape index (κ2) is 4.44. The van der Waals surface area contributed by atoms with Gasteiger partial charge in [-0.05, 0) is 24.3 Å². The van der Waals surface area contributed by atoms with Crippen molar-refractivity contribution in [2.75, 3.05) is 0 Å². The van der Waals surface area contributed by atoms with Crippen LogP contribution in [0.25, 0.3) is 21.8 Å². The van der Waals surface area contributed by atoms with E-state index in [4.69, 9.17) is 27.9 Å². The molecule has 0 aliphatic carbocycles. The van der Waals surface area contributed by atoms with Crippen molar-refractivity contribution in [2.45, 2.75) is 6.92 Å². The molecule has 19 heavy (non-hydrogen) atoms. The molecule has 3 rings (SSSR count). The van der Waals surface area contributed by atoms with E-state index in [9.17, 15) is 4.79 Å². The molecular weight excluding hydrogens is 285 g/mol. The molecule has 96 valence electrons. The summed E-state index contributed by atoms with van der Waals surface area (Å²) >= 11 is 12.1. The monoisotopic (exact) mass is 293 g/mol. The Labute approximate surface area is 119 Å². The molecule has 0 saturated carbocycles. The van der Waals surface area contributed by atoms with Crippen LogP contribution in [0.2, 0.25) is 10.0 Å². The molecule has 0 fully saturated rings. The number of benzene rings is 2. The number of H-pyrrole nitrogens is 1. The van der Waals surface area contributed by atoms with Crippen LogP contribution >= 0.6 is 23.2 Å². The summed E-state index contributed by atoms with van der Waals surface area (Å²) in [6.07, 6.45) is 0. The van der Waals surface area contributed by atoms with Gasteiger partial charge in [0.2, 0.25) is 0 Å². The zero-order chi connectivity index (χ0) is 13.6. The fourth-order valence-corrected chi connectivity index (χ4v) is 2.48. The molecule has 1 heterocycles. The minimum Gasteiger partial charge on any atom is -0.425 e. The molecule has 0 saturated heterocycles. The van der Waals surface area contributed by atoms with Crippen LogP contribution in [0.15, 0.2) is 30.3 Å². The first-order chi connectivity index (χ1) is 9.04. The van der Waals surface area contributed by atoms with Gasteiger partial charge in [0.05, 0.1) is 10.5 Å². The molecule has 0 aliphatic heterocycles. The predicted octanol–water partition coefficient (Wildman–Crippen LogP) is 4.55. The maximum Gasteiger partial charge on any atom is 0.308 e. The highest BCUT2D eigenvalue weighted by atomic mass is 35.5. The van der Waals surface area contributed by atoms with Crippen molar-refractivity contribution >= 4 is 51.0 Å². The van der Waals surface area contributed by atoms with E-state index in [1.165, 1.54) is 6.92 Å². The van der Waals surface area contributed by atoms with Gasteiger partial charge in [0.25, 0.3) is 0 Å². The summed E-state index contributed by atoms with van der Waals surface area (Å²) in [5.74, 6) is -0.0558. The number of halogens is 2. The van der Waals surface area contributed by atoms with E-state index in [1.807, 2.05) is 18.2 Å². The third-order valence-electron chi connectivity index (χ3n) is 2.87. The van der Waals surface area contributed by atoms with Gasteiger partial charge in [-0.25, -0.2) is 0 Å². The SMILES string of the molecule is CC(=O)Oc1cc2[nH]c3ccc(Cl)cc3c2cc1Cl. The Hall–Kier alpha value is -1.71. The van der Waals surface area contributed by atoms with Gasteiger partial charge >= 0.3 is 5.97 Å². The van der Waals surface area contributed by atoms with Gasteiger partial charge in [0, 0.05) is 34.3 Å². The number of nitrogens with one attached hydrogen (secondary N) is 1. The molecule has 0 atom stereocenters. The van der Waals surface area contributed by atoms with Gasteiger partial charge in [0.1, 0.15) is 0 Å². The minimum absolute atomic E-state index is 0.347. The molecule has 1 N–H and O–H groups in total. The number of esters is 1. The van der Waals surface area contributed by atoms with Crippen molar-refractivity contribution in [1.82, 2.24) is 4.98 Å². The van der Waals surface area contributed by atoms with E-state index in [1.54, 1.807) is 12.1 Å². The van der Waals surface area contributed by atoms with Crippen LogP contribution in [0.5, 0.6) is 5.75 Å². The Morgan fingerprint density at radius 3 is 2.58 bits per heavy atom. The maximum atomic E-state index is 11.0. The summed E-state index contributed by atoms with van der Waals surface area (Å²) in [7, 11) is 0. The number of ether oxygens (including phenoxy) is 1. The summed E-state index contributed by atoms with van der Waals surface area (Å²) in [5, 5.41) is 2.98. The topological polar surface area (TPSA) is 42.1 Å². The van der Waals surface area contributed by atoms with E-state index in [0.29, 0.717) is 15.8 Å². The molecule has 0 spiro atoms. The van der Waals surface area contributed by atoms with Crippen LogP contribution in [0.4, 0.5) is 0 Å². The average Bonchev–Trinajstić information content (AvgIpc) is 2.66. The van der Waals surface area contributed by atoms with Gasteiger partial charge < -0.3 is 9.72 Å². The third kappa shape index (κ3) is 2.15. The number of hydrogen-bond acceptors (Lipinski definition) is 2. The van der Waals surface area contributed by atoms with E-state index in [0.717, 1.165) is 21.8 Å². The number of rotatable bonds is 1. The van der Waals surface area contributed by atoms with Gasteiger partial charge in [-0.2, -0.15) is 0 Å². The van der Waals surface area contributed by atoms with Crippen LogP contribution < -0.4 is 4.74 Å². The largest absolute Gasteiger partial charge is 0.425 e. The van der Waals surface area contributed by atoms with Crippen molar-refractivity contribution in [2.24, 2.45) is 0 Å².